The average molecular weight is 332 g/mol. The van der Waals surface area contributed by atoms with Crippen LogP contribution in [-0.4, -0.2) is 12.1 Å². The lowest BCUT2D eigenvalue weighted by molar-refractivity contribution is 0.415. The van der Waals surface area contributed by atoms with Gasteiger partial charge in [0.1, 0.15) is 16.8 Å². The van der Waals surface area contributed by atoms with Crippen LogP contribution in [0.5, 0.6) is 5.75 Å². The van der Waals surface area contributed by atoms with Crippen molar-refractivity contribution in [2.75, 3.05) is 7.11 Å². The zero-order valence-electron chi connectivity index (χ0n) is 13.5. The molecule has 118 valence electrons. The molecule has 1 aromatic heterocycles. The minimum atomic E-state index is 0.569. The molecule has 2 aromatic carbocycles. The van der Waals surface area contributed by atoms with E-state index in [9.17, 15) is 5.26 Å². The number of aromatic nitrogens is 1. The van der Waals surface area contributed by atoms with E-state index in [1.165, 1.54) is 11.3 Å². The summed E-state index contributed by atoms with van der Waals surface area (Å²) in [7, 11) is 1.64. The lowest BCUT2D eigenvalue weighted by atomic mass is 10.1. The van der Waals surface area contributed by atoms with Crippen molar-refractivity contribution in [1.82, 2.24) is 4.98 Å². The van der Waals surface area contributed by atoms with E-state index in [1.807, 2.05) is 66.9 Å². The van der Waals surface area contributed by atoms with E-state index in [0.29, 0.717) is 5.57 Å². The second kappa shape index (κ2) is 7.12. The predicted molar refractivity (Wildman–Crippen MR) is 98.8 cm³/mol. The molecule has 0 spiro atoms. The van der Waals surface area contributed by atoms with Crippen molar-refractivity contribution in [3.63, 3.8) is 0 Å². The van der Waals surface area contributed by atoms with Gasteiger partial charge in [-0.25, -0.2) is 4.98 Å². The summed E-state index contributed by atoms with van der Waals surface area (Å²) in [6, 6.07) is 18.1. The molecule has 0 aliphatic carbocycles. The van der Waals surface area contributed by atoms with E-state index in [-0.39, 0.29) is 0 Å². The van der Waals surface area contributed by atoms with Gasteiger partial charge in [0, 0.05) is 10.9 Å². The van der Waals surface area contributed by atoms with Crippen molar-refractivity contribution < 1.29 is 4.74 Å². The lowest BCUT2D eigenvalue weighted by Gasteiger charge is -2.01. The normalized spacial score (nSPS) is 11.1. The van der Waals surface area contributed by atoms with Crippen LogP contribution < -0.4 is 4.74 Å². The third-order valence-corrected chi connectivity index (χ3v) is 4.45. The number of hydrogen-bond acceptors (Lipinski definition) is 4. The molecule has 0 atom stereocenters. The van der Waals surface area contributed by atoms with Gasteiger partial charge in [-0.15, -0.1) is 11.3 Å². The molecule has 0 saturated carbocycles. The Bertz CT molecular complexity index is 935. The van der Waals surface area contributed by atoms with E-state index in [4.69, 9.17) is 4.74 Å². The molecule has 0 unspecified atom stereocenters. The first-order chi connectivity index (χ1) is 11.7. The van der Waals surface area contributed by atoms with E-state index < -0.39 is 0 Å². The van der Waals surface area contributed by atoms with Crippen molar-refractivity contribution in [3.05, 3.63) is 70.0 Å². The Balaban J connectivity index is 1.95. The first-order valence-electron chi connectivity index (χ1n) is 7.48. The second-order valence-electron chi connectivity index (χ2n) is 5.35. The van der Waals surface area contributed by atoms with Gasteiger partial charge in [-0.3, -0.25) is 0 Å². The molecule has 4 heteroatoms. The van der Waals surface area contributed by atoms with E-state index in [0.717, 1.165) is 33.1 Å². The van der Waals surface area contributed by atoms with Crippen molar-refractivity contribution in [1.29, 1.82) is 5.26 Å². The van der Waals surface area contributed by atoms with Gasteiger partial charge in [0.05, 0.1) is 18.4 Å². The number of rotatable bonds is 4. The highest BCUT2D eigenvalue weighted by atomic mass is 32.1. The molecule has 3 nitrogen and oxygen atoms in total. The van der Waals surface area contributed by atoms with Crippen LogP contribution in [0.2, 0.25) is 0 Å². The number of nitrogens with zero attached hydrogens (tertiary/aromatic N) is 2. The second-order valence-corrected chi connectivity index (χ2v) is 6.21. The van der Waals surface area contributed by atoms with Crippen molar-refractivity contribution in [2.45, 2.75) is 6.92 Å². The van der Waals surface area contributed by atoms with E-state index in [2.05, 4.69) is 11.1 Å². The summed E-state index contributed by atoms with van der Waals surface area (Å²) in [4.78, 5) is 4.62. The molecule has 0 aliphatic rings. The van der Waals surface area contributed by atoms with Gasteiger partial charge in [0.2, 0.25) is 0 Å². The highest BCUT2D eigenvalue weighted by Gasteiger charge is 2.09. The summed E-state index contributed by atoms with van der Waals surface area (Å²) < 4.78 is 5.25. The third-order valence-electron chi connectivity index (χ3n) is 3.57. The Kier molecular flexibility index (Phi) is 4.74. The van der Waals surface area contributed by atoms with Gasteiger partial charge < -0.3 is 4.74 Å². The highest BCUT2D eigenvalue weighted by Crippen LogP contribution is 2.29. The first-order valence-corrected chi connectivity index (χ1v) is 8.36. The zero-order valence-corrected chi connectivity index (χ0v) is 14.3. The third kappa shape index (κ3) is 3.53. The molecule has 0 radical (unpaired) electrons. The SMILES string of the molecule is COc1cccc(-c2csc(/C(C#N)=C/c3cccc(C)c3)n2)c1. The summed E-state index contributed by atoms with van der Waals surface area (Å²) in [6.45, 7) is 2.04. The molecule has 0 N–H and O–H groups in total. The smallest absolute Gasteiger partial charge is 0.134 e. The molecule has 1 heterocycles. The Morgan fingerprint density at radius 3 is 2.79 bits per heavy atom. The molecule has 24 heavy (non-hydrogen) atoms. The summed E-state index contributed by atoms with van der Waals surface area (Å²) in [5, 5.41) is 12.2. The molecule has 0 saturated heterocycles. The van der Waals surface area contributed by atoms with Crippen LogP contribution in [0.1, 0.15) is 16.1 Å². The van der Waals surface area contributed by atoms with Gasteiger partial charge in [-0.05, 0) is 30.7 Å². The highest BCUT2D eigenvalue weighted by molar-refractivity contribution is 7.11. The molecule has 3 aromatic rings. The summed E-state index contributed by atoms with van der Waals surface area (Å²) in [6.07, 6.45) is 1.88. The maximum Gasteiger partial charge on any atom is 0.134 e. The van der Waals surface area contributed by atoms with Crippen LogP contribution in [0.25, 0.3) is 22.9 Å². The van der Waals surface area contributed by atoms with Crippen molar-refractivity contribution in [3.8, 4) is 23.1 Å². The van der Waals surface area contributed by atoms with Crippen molar-refractivity contribution in [2.24, 2.45) is 0 Å². The maximum atomic E-state index is 9.50. The molecule has 0 bridgehead atoms. The van der Waals surface area contributed by atoms with Crippen LogP contribution in [0.3, 0.4) is 0 Å². The zero-order chi connectivity index (χ0) is 16.9. The summed E-state index contributed by atoms with van der Waals surface area (Å²) >= 11 is 1.47. The summed E-state index contributed by atoms with van der Waals surface area (Å²) in [5.41, 5.74) is 4.56. The Morgan fingerprint density at radius 1 is 1.21 bits per heavy atom. The van der Waals surface area contributed by atoms with Crippen LogP contribution in [0.4, 0.5) is 0 Å². The minimum absolute atomic E-state index is 0.569. The van der Waals surface area contributed by atoms with Gasteiger partial charge in [0.15, 0.2) is 0 Å². The molecule has 3 rings (SSSR count). The number of hydrogen-bond donors (Lipinski definition) is 0. The number of ether oxygens (including phenoxy) is 1. The predicted octanol–water partition coefficient (Wildman–Crippen LogP) is 5.19. The maximum absolute atomic E-state index is 9.50. The van der Waals surface area contributed by atoms with Gasteiger partial charge in [0.25, 0.3) is 0 Å². The van der Waals surface area contributed by atoms with E-state index >= 15 is 0 Å². The van der Waals surface area contributed by atoms with Crippen molar-refractivity contribution >= 4 is 23.0 Å². The largest absolute Gasteiger partial charge is 0.497 e. The topological polar surface area (TPSA) is 45.9 Å². The standard InChI is InChI=1S/C20H16N2OS/c1-14-5-3-6-15(9-14)10-17(12-21)20-22-19(13-24-20)16-7-4-8-18(11-16)23-2/h3-11,13H,1-2H3/b17-10+. The molecular weight excluding hydrogens is 316 g/mol. The Morgan fingerprint density at radius 2 is 2.04 bits per heavy atom. The van der Waals surface area contributed by atoms with Gasteiger partial charge in [-0.1, -0.05) is 42.0 Å². The van der Waals surface area contributed by atoms with Gasteiger partial charge >= 0.3 is 0 Å². The molecule has 0 amide bonds. The number of benzene rings is 2. The number of allylic oxidation sites excluding steroid dienone is 1. The van der Waals surface area contributed by atoms with Crippen LogP contribution >= 0.6 is 11.3 Å². The van der Waals surface area contributed by atoms with Crippen LogP contribution in [0.15, 0.2) is 53.9 Å². The molecular formula is C20H16N2OS. The summed E-state index contributed by atoms with van der Waals surface area (Å²) in [5.74, 6) is 0.790. The molecule has 0 fully saturated rings. The fourth-order valence-corrected chi connectivity index (χ4v) is 3.18. The fraction of sp³-hybridized carbons (Fsp3) is 0.100. The Labute approximate surface area is 145 Å². The molecule has 0 aliphatic heterocycles. The minimum Gasteiger partial charge on any atom is -0.497 e. The lowest BCUT2D eigenvalue weighted by Crippen LogP contribution is -1.85. The first kappa shape index (κ1) is 16.0. The monoisotopic (exact) mass is 332 g/mol. The van der Waals surface area contributed by atoms with Gasteiger partial charge in [-0.2, -0.15) is 5.26 Å². The quantitative estimate of drug-likeness (QED) is 0.618. The Hall–Kier alpha value is -2.90. The number of methoxy groups -OCH3 is 1. The number of aryl methyl sites for hydroxylation is 1. The van der Waals surface area contributed by atoms with Crippen LogP contribution in [0, 0.1) is 18.3 Å². The fourth-order valence-electron chi connectivity index (χ4n) is 2.38. The average Bonchev–Trinajstić information content (AvgIpc) is 3.10. The van der Waals surface area contributed by atoms with E-state index in [1.54, 1.807) is 7.11 Å². The number of nitriles is 1. The van der Waals surface area contributed by atoms with Crippen LogP contribution in [-0.2, 0) is 0 Å². The number of thiazole rings is 1.